The van der Waals surface area contributed by atoms with E-state index in [1.807, 2.05) is 0 Å². The maximum Gasteiger partial charge on any atom is 0.246 e. The van der Waals surface area contributed by atoms with Crippen LogP contribution in [-0.2, 0) is 21.4 Å². The molecule has 1 aromatic carbocycles. The predicted octanol–water partition coefficient (Wildman–Crippen LogP) is 1.25. The molecule has 1 atom stereocenters. The number of hydrogen-bond donors (Lipinski definition) is 1. The van der Waals surface area contributed by atoms with Crippen molar-refractivity contribution in [2.75, 3.05) is 27.4 Å². The number of rotatable bonds is 5. The first-order chi connectivity index (χ1) is 9.91. The smallest absolute Gasteiger partial charge is 0.246 e. The fraction of sp³-hybridized carbons (Fsp3) is 0.538. The van der Waals surface area contributed by atoms with Gasteiger partial charge in [0, 0.05) is 24.2 Å². The largest absolute Gasteiger partial charge is 0.495 e. The van der Waals surface area contributed by atoms with Gasteiger partial charge in [-0.2, -0.15) is 4.31 Å². The van der Waals surface area contributed by atoms with E-state index in [0.29, 0.717) is 25.2 Å². The molecule has 6 nitrogen and oxygen atoms in total. The van der Waals surface area contributed by atoms with Gasteiger partial charge in [-0.05, 0) is 18.6 Å². The molecule has 0 bridgehead atoms. The lowest BCUT2D eigenvalue weighted by Crippen LogP contribution is -2.37. The highest BCUT2D eigenvalue weighted by Crippen LogP contribution is 2.34. The predicted molar refractivity (Wildman–Crippen MR) is 78.1 cm³/mol. The molecule has 0 radical (unpaired) electrons. The Morgan fingerprint density at radius 2 is 2.24 bits per heavy atom. The molecule has 8 heteroatoms. The molecule has 1 saturated heterocycles. The molecular weight excluding hydrogens is 318 g/mol. The van der Waals surface area contributed by atoms with E-state index >= 15 is 0 Å². The molecule has 0 amide bonds. The van der Waals surface area contributed by atoms with Crippen molar-refractivity contribution < 1.29 is 23.0 Å². The van der Waals surface area contributed by atoms with E-state index in [0.717, 1.165) is 0 Å². The Morgan fingerprint density at radius 1 is 1.52 bits per heavy atom. The number of halogens is 1. The van der Waals surface area contributed by atoms with Gasteiger partial charge < -0.3 is 14.6 Å². The summed E-state index contributed by atoms with van der Waals surface area (Å²) in [7, 11) is -0.919. The zero-order valence-corrected chi connectivity index (χ0v) is 13.4. The standard InChI is InChI=1S/C13H18ClNO5S/c1-15(11-3-4-20-8-11)21(17,18)12-6-10(14)5-9(7-16)13(12)19-2/h5-6,11,16H,3-4,7-8H2,1-2H3. The Hall–Kier alpha value is -0.860. The van der Waals surface area contributed by atoms with Crippen molar-refractivity contribution in [3.8, 4) is 5.75 Å². The zero-order chi connectivity index (χ0) is 15.6. The highest BCUT2D eigenvalue weighted by atomic mass is 35.5. The number of benzene rings is 1. The third-order valence-electron chi connectivity index (χ3n) is 3.55. The van der Waals surface area contributed by atoms with Crippen LogP contribution in [0.4, 0.5) is 0 Å². The number of aliphatic hydroxyl groups is 1. The summed E-state index contributed by atoms with van der Waals surface area (Å²) < 4.78 is 37.2. The first kappa shape index (κ1) is 16.5. The van der Waals surface area contributed by atoms with E-state index in [-0.39, 0.29) is 28.3 Å². The fourth-order valence-corrected chi connectivity index (χ4v) is 4.22. The molecule has 118 valence electrons. The van der Waals surface area contributed by atoms with Gasteiger partial charge in [0.05, 0.1) is 26.4 Å². The van der Waals surface area contributed by atoms with Crippen LogP contribution >= 0.6 is 11.6 Å². The summed E-state index contributed by atoms with van der Waals surface area (Å²) in [5.74, 6) is 0.118. The number of sulfonamides is 1. The number of hydrogen-bond acceptors (Lipinski definition) is 5. The van der Waals surface area contributed by atoms with Crippen LogP contribution in [0.2, 0.25) is 5.02 Å². The van der Waals surface area contributed by atoms with Crippen LogP contribution in [0.5, 0.6) is 5.75 Å². The average molecular weight is 336 g/mol. The van der Waals surface area contributed by atoms with Crippen LogP contribution in [0, 0.1) is 0 Å². The molecule has 0 aromatic heterocycles. The first-order valence-electron chi connectivity index (χ1n) is 6.45. The topological polar surface area (TPSA) is 76.1 Å². The minimum Gasteiger partial charge on any atom is -0.495 e. The normalized spacial score (nSPS) is 19.2. The zero-order valence-electron chi connectivity index (χ0n) is 11.9. The Bertz CT molecular complexity index is 613. The monoisotopic (exact) mass is 335 g/mol. The van der Waals surface area contributed by atoms with E-state index in [1.165, 1.54) is 30.6 Å². The molecule has 1 fully saturated rings. The summed E-state index contributed by atoms with van der Waals surface area (Å²) in [5.41, 5.74) is 0.333. The van der Waals surface area contributed by atoms with Gasteiger partial charge in [-0.3, -0.25) is 0 Å². The van der Waals surface area contributed by atoms with Crippen molar-refractivity contribution in [1.29, 1.82) is 0 Å². The van der Waals surface area contributed by atoms with Crippen molar-refractivity contribution in [2.45, 2.75) is 24.0 Å². The molecule has 1 heterocycles. The molecule has 0 spiro atoms. The Labute approximate surface area is 129 Å². The minimum absolute atomic E-state index is 0.0454. The van der Waals surface area contributed by atoms with Crippen molar-refractivity contribution in [3.63, 3.8) is 0 Å². The Kier molecular flexibility index (Phi) is 5.11. The van der Waals surface area contributed by atoms with Crippen LogP contribution in [0.15, 0.2) is 17.0 Å². The number of ether oxygens (including phenoxy) is 2. The first-order valence-corrected chi connectivity index (χ1v) is 8.26. The molecule has 2 rings (SSSR count). The lowest BCUT2D eigenvalue weighted by Gasteiger charge is -2.24. The molecule has 1 aliphatic heterocycles. The molecule has 1 aromatic rings. The van der Waals surface area contributed by atoms with Crippen molar-refractivity contribution in [2.24, 2.45) is 0 Å². The summed E-state index contributed by atoms with van der Waals surface area (Å²) in [4.78, 5) is -0.0454. The van der Waals surface area contributed by atoms with Gasteiger partial charge in [0.15, 0.2) is 0 Å². The second-order valence-corrected chi connectivity index (χ2v) is 7.20. The summed E-state index contributed by atoms with van der Waals surface area (Å²) >= 11 is 5.95. The van der Waals surface area contributed by atoms with Crippen LogP contribution in [-0.4, -0.2) is 51.2 Å². The lowest BCUT2D eigenvalue weighted by molar-refractivity contribution is 0.180. The summed E-state index contributed by atoms with van der Waals surface area (Å²) in [5, 5.41) is 9.58. The van der Waals surface area contributed by atoms with Gasteiger partial charge in [-0.15, -0.1) is 0 Å². The second kappa shape index (κ2) is 6.50. The SMILES string of the molecule is COc1c(CO)cc(Cl)cc1S(=O)(=O)N(C)C1CCOC1. The summed E-state index contributed by atoms with van der Waals surface area (Å²) in [6.45, 7) is 0.549. The summed E-state index contributed by atoms with van der Waals surface area (Å²) in [6, 6.07) is 2.61. The highest BCUT2D eigenvalue weighted by molar-refractivity contribution is 7.89. The molecular formula is C13H18ClNO5S. The number of methoxy groups -OCH3 is 1. The van der Waals surface area contributed by atoms with E-state index in [9.17, 15) is 13.5 Å². The molecule has 0 aliphatic carbocycles. The molecule has 21 heavy (non-hydrogen) atoms. The maximum absolute atomic E-state index is 12.8. The van der Waals surface area contributed by atoms with Crippen molar-refractivity contribution in [3.05, 3.63) is 22.7 Å². The lowest BCUT2D eigenvalue weighted by atomic mass is 10.2. The van der Waals surface area contributed by atoms with E-state index in [4.69, 9.17) is 21.1 Å². The number of aliphatic hydroxyl groups excluding tert-OH is 1. The van der Waals surface area contributed by atoms with Crippen LogP contribution in [0.25, 0.3) is 0 Å². The highest BCUT2D eigenvalue weighted by Gasteiger charge is 2.33. The van der Waals surface area contributed by atoms with Gasteiger partial charge in [0.2, 0.25) is 10.0 Å². The third kappa shape index (κ3) is 3.17. The van der Waals surface area contributed by atoms with Gasteiger partial charge in [-0.1, -0.05) is 11.6 Å². The van der Waals surface area contributed by atoms with E-state index in [2.05, 4.69) is 0 Å². The molecule has 1 aliphatic rings. The summed E-state index contributed by atoms with van der Waals surface area (Å²) in [6.07, 6.45) is 0.644. The van der Waals surface area contributed by atoms with Crippen LogP contribution in [0.3, 0.4) is 0 Å². The second-order valence-electron chi connectivity index (χ2n) is 4.79. The number of likely N-dealkylation sites (N-methyl/N-ethyl adjacent to an activating group) is 1. The van der Waals surface area contributed by atoms with Gasteiger partial charge in [-0.25, -0.2) is 8.42 Å². The molecule has 0 saturated carbocycles. The Morgan fingerprint density at radius 3 is 2.76 bits per heavy atom. The van der Waals surface area contributed by atoms with Gasteiger partial charge >= 0.3 is 0 Å². The number of nitrogens with zero attached hydrogens (tertiary/aromatic N) is 1. The Balaban J connectivity index is 2.50. The average Bonchev–Trinajstić information content (AvgIpc) is 2.99. The van der Waals surface area contributed by atoms with Crippen LogP contribution < -0.4 is 4.74 Å². The fourth-order valence-electron chi connectivity index (χ4n) is 2.32. The van der Waals surface area contributed by atoms with Crippen molar-refractivity contribution in [1.82, 2.24) is 4.31 Å². The minimum atomic E-state index is -3.79. The third-order valence-corrected chi connectivity index (χ3v) is 5.68. The maximum atomic E-state index is 12.8. The van der Waals surface area contributed by atoms with Crippen LogP contribution in [0.1, 0.15) is 12.0 Å². The molecule has 1 unspecified atom stereocenters. The molecule has 1 N–H and O–H groups in total. The van der Waals surface area contributed by atoms with Gasteiger partial charge in [0.25, 0.3) is 0 Å². The van der Waals surface area contributed by atoms with E-state index < -0.39 is 10.0 Å². The van der Waals surface area contributed by atoms with Crippen molar-refractivity contribution >= 4 is 21.6 Å². The van der Waals surface area contributed by atoms with E-state index in [1.54, 1.807) is 0 Å². The van der Waals surface area contributed by atoms with Gasteiger partial charge in [0.1, 0.15) is 10.6 Å². The quantitative estimate of drug-likeness (QED) is 0.876.